The van der Waals surface area contributed by atoms with Gasteiger partial charge in [0.25, 0.3) is 0 Å². The van der Waals surface area contributed by atoms with Gasteiger partial charge < -0.3 is 4.18 Å². The Bertz CT molecular complexity index is 967. The number of aliphatic imine (C=N–C) groups is 1. The summed E-state index contributed by atoms with van der Waals surface area (Å²) in [6.45, 7) is 0. The standard InChI is InChI=1S/C19H14ClNO3S/c20-16-8-12-19(13-9-16)25(22,23)24-18-10-6-15(7-11-18)14-21-17-4-2-1-3-5-17/h1-14H. The maximum absolute atomic E-state index is 12.2. The summed E-state index contributed by atoms with van der Waals surface area (Å²) in [4.78, 5) is 4.39. The van der Waals surface area contributed by atoms with Crippen molar-refractivity contribution in [3.8, 4) is 5.75 Å². The van der Waals surface area contributed by atoms with Crippen LogP contribution in [0.2, 0.25) is 5.02 Å². The molecule has 4 nitrogen and oxygen atoms in total. The Labute approximate surface area is 151 Å². The first-order valence-electron chi connectivity index (χ1n) is 7.42. The zero-order chi connectivity index (χ0) is 17.7. The van der Waals surface area contributed by atoms with Gasteiger partial charge in [-0.15, -0.1) is 0 Å². The summed E-state index contributed by atoms with van der Waals surface area (Å²) in [5.74, 6) is 0.229. The number of hydrogen-bond acceptors (Lipinski definition) is 4. The molecule has 0 spiro atoms. The van der Waals surface area contributed by atoms with Crippen LogP contribution >= 0.6 is 11.6 Å². The van der Waals surface area contributed by atoms with E-state index in [2.05, 4.69) is 4.99 Å². The van der Waals surface area contributed by atoms with Gasteiger partial charge in [-0.1, -0.05) is 29.8 Å². The molecule has 0 radical (unpaired) electrons. The maximum atomic E-state index is 12.2. The largest absolute Gasteiger partial charge is 0.379 e. The second-order valence-corrected chi connectivity index (χ2v) is 7.14. The molecule has 126 valence electrons. The Hall–Kier alpha value is -2.63. The molecule has 3 aromatic carbocycles. The highest BCUT2D eigenvalue weighted by Crippen LogP contribution is 2.20. The van der Waals surface area contributed by atoms with Crippen molar-refractivity contribution >= 4 is 33.6 Å². The monoisotopic (exact) mass is 371 g/mol. The van der Waals surface area contributed by atoms with Crippen LogP contribution in [0.15, 0.2) is 88.8 Å². The van der Waals surface area contributed by atoms with E-state index >= 15 is 0 Å². The molecule has 0 heterocycles. The summed E-state index contributed by atoms with van der Waals surface area (Å²) in [5.41, 5.74) is 1.67. The van der Waals surface area contributed by atoms with Crippen molar-refractivity contribution in [1.29, 1.82) is 0 Å². The van der Waals surface area contributed by atoms with Crippen LogP contribution in [0.3, 0.4) is 0 Å². The minimum Gasteiger partial charge on any atom is -0.379 e. The smallest absolute Gasteiger partial charge is 0.339 e. The minimum atomic E-state index is -3.89. The molecule has 0 amide bonds. The van der Waals surface area contributed by atoms with Crippen LogP contribution in [0.1, 0.15) is 5.56 Å². The van der Waals surface area contributed by atoms with Crippen molar-refractivity contribution < 1.29 is 12.6 Å². The summed E-state index contributed by atoms with van der Waals surface area (Å²) in [7, 11) is -3.89. The van der Waals surface area contributed by atoms with Gasteiger partial charge in [0.05, 0.1) is 5.69 Å². The highest BCUT2D eigenvalue weighted by atomic mass is 35.5. The molecule has 0 atom stereocenters. The third kappa shape index (κ3) is 4.68. The Morgan fingerprint density at radius 3 is 2.12 bits per heavy atom. The number of nitrogens with zero attached hydrogens (tertiary/aromatic N) is 1. The zero-order valence-electron chi connectivity index (χ0n) is 13.0. The molecule has 0 aliphatic carbocycles. The summed E-state index contributed by atoms with van der Waals surface area (Å²) in [5, 5.41) is 0.459. The molecule has 3 aromatic rings. The molecule has 0 aliphatic rings. The van der Waals surface area contributed by atoms with Gasteiger partial charge in [-0.05, 0) is 66.2 Å². The van der Waals surface area contributed by atoms with Crippen molar-refractivity contribution in [3.05, 3.63) is 89.4 Å². The lowest BCUT2D eigenvalue weighted by Gasteiger charge is -2.07. The molecule has 0 N–H and O–H groups in total. The summed E-state index contributed by atoms with van der Waals surface area (Å²) >= 11 is 5.77. The van der Waals surface area contributed by atoms with Crippen LogP contribution in [0.25, 0.3) is 0 Å². The highest BCUT2D eigenvalue weighted by Gasteiger charge is 2.16. The van der Waals surface area contributed by atoms with Crippen molar-refractivity contribution in [2.75, 3.05) is 0 Å². The molecule has 0 aliphatic heterocycles. The van der Waals surface area contributed by atoms with Gasteiger partial charge in [0.1, 0.15) is 10.6 Å². The molecular weight excluding hydrogens is 358 g/mol. The molecule has 0 aromatic heterocycles. The quantitative estimate of drug-likeness (QED) is 0.475. The van der Waals surface area contributed by atoms with E-state index in [1.54, 1.807) is 30.5 Å². The Balaban J connectivity index is 1.72. The fourth-order valence-corrected chi connectivity index (χ4v) is 3.10. The summed E-state index contributed by atoms with van der Waals surface area (Å²) in [6, 6.07) is 22.0. The Morgan fingerprint density at radius 1 is 0.840 bits per heavy atom. The normalized spacial score (nSPS) is 11.6. The molecule has 3 rings (SSSR count). The maximum Gasteiger partial charge on any atom is 0.339 e. The van der Waals surface area contributed by atoms with E-state index in [-0.39, 0.29) is 10.6 Å². The first-order chi connectivity index (χ1) is 12.0. The third-order valence-corrected chi connectivity index (χ3v) is 4.82. The SMILES string of the molecule is O=S(=O)(Oc1ccc(C=Nc2ccccc2)cc1)c1ccc(Cl)cc1. The molecule has 0 bridgehead atoms. The number of para-hydroxylation sites is 1. The number of hydrogen-bond donors (Lipinski definition) is 0. The van der Waals surface area contributed by atoms with E-state index in [1.807, 2.05) is 30.3 Å². The predicted octanol–water partition coefficient (Wildman–Crippen LogP) is 4.86. The van der Waals surface area contributed by atoms with Crippen LogP contribution in [-0.4, -0.2) is 14.6 Å². The summed E-state index contributed by atoms with van der Waals surface area (Å²) < 4.78 is 29.6. The second-order valence-electron chi connectivity index (χ2n) is 5.15. The number of rotatable bonds is 5. The predicted molar refractivity (Wildman–Crippen MR) is 99.4 cm³/mol. The number of halogens is 1. The van der Waals surface area contributed by atoms with E-state index in [9.17, 15) is 8.42 Å². The first kappa shape index (κ1) is 17.2. The Kier molecular flexibility index (Phi) is 5.16. The number of benzene rings is 3. The Morgan fingerprint density at radius 2 is 1.48 bits per heavy atom. The fourth-order valence-electron chi connectivity index (χ4n) is 2.05. The van der Waals surface area contributed by atoms with E-state index < -0.39 is 10.1 Å². The molecule has 0 saturated heterocycles. The molecular formula is C19H14ClNO3S. The lowest BCUT2D eigenvalue weighted by atomic mass is 10.2. The van der Waals surface area contributed by atoms with Crippen LogP contribution < -0.4 is 4.18 Å². The average Bonchev–Trinajstić information content (AvgIpc) is 2.62. The molecule has 25 heavy (non-hydrogen) atoms. The van der Waals surface area contributed by atoms with Crippen LogP contribution in [0.5, 0.6) is 5.75 Å². The van der Waals surface area contributed by atoms with Crippen LogP contribution in [-0.2, 0) is 10.1 Å². The van der Waals surface area contributed by atoms with Crippen molar-refractivity contribution in [2.24, 2.45) is 4.99 Å². The van der Waals surface area contributed by atoms with Crippen LogP contribution in [0, 0.1) is 0 Å². The van der Waals surface area contributed by atoms with E-state index in [1.165, 1.54) is 24.3 Å². The average molecular weight is 372 g/mol. The van der Waals surface area contributed by atoms with Gasteiger partial charge in [-0.2, -0.15) is 8.42 Å². The fraction of sp³-hybridized carbons (Fsp3) is 0. The zero-order valence-corrected chi connectivity index (χ0v) is 14.6. The van der Waals surface area contributed by atoms with Gasteiger partial charge in [-0.3, -0.25) is 4.99 Å². The van der Waals surface area contributed by atoms with Crippen molar-refractivity contribution in [1.82, 2.24) is 0 Å². The van der Waals surface area contributed by atoms with Crippen molar-refractivity contribution in [3.63, 3.8) is 0 Å². The van der Waals surface area contributed by atoms with E-state index in [0.29, 0.717) is 5.02 Å². The van der Waals surface area contributed by atoms with Gasteiger partial charge >= 0.3 is 10.1 Å². The van der Waals surface area contributed by atoms with E-state index in [0.717, 1.165) is 11.3 Å². The highest BCUT2D eigenvalue weighted by molar-refractivity contribution is 7.87. The third-order valence-electron chi connectivity index (χ3n) is 3.31. The molecule has 0 unspecified atom stereocenters. The molecule has 0 fully saturated rings. The van der Waals surface area contributed by atoms with Gasteiger partial charge in [0.2, 0.25) is 0 Å². The molecule has 6 heteroatoms. The van der Waals surface area contributed by atoms with E-state index in [4.69, 9.17) is 15.8 Å². The van der Waals surface area contributed by atoms with Gasteiger partial charge in [-0.25, -0.2) is 0 Å². The minimum absolute atomic E-state index is 0.0478. The van der Waals surface area contributed by atoms with Gasteiger partial charge in [0.15, 0.2) is 0 Å². The summed E-state index contributed by atoms with van der Waals surface area (Å²) in [6.07, 6.45) is 1.70. The second kappa shape index (κ2) is 7.51. The lowest BCUT2D eigenvalue weighted by Crippen LogP contribution is -2.09. The first-order valence-corrected chi connectivity index (χ1v) is 9.21. The molecule has 0 saturated carbocycles. The van der Waals surface area contributed by atoms with Crippen LogP contribution in [0.4, 0.5) is 5.69 Å². The topological polar surface area (TPSA) is 55.7 Å². The van der Waals surface area contributed by atoms with Crippen molar-refractivity contribution in [2.45, 2.75) is 4.90 Å². The van der Waals surface area contributed by atoms with Gasteiger partial charge in [0, 0.05) is 11.2 Å². The lowest BCUT2D eigenvalue weighted by molar-refractivity contribution is 0.486.